The summed E-state index contributed by atoms with van der Waals surface area (Å²) in [6.45, 7) is 14.8. The second kappa shape index (κ2) is 9.46. The Kier molecular flexibility index (Phi) is 7.53. The van der Waals surface area contributed by atoms with Gasteiger partial charge in [0.25, 0.3) is 5.56 Å². The number of hydrogen-bond acceptors (Lipinski definition) is 4. The highest BCUT2D eigenvalue weighted by molar-refractivity contribution is 5.89. The first-order valence-corrected chi connectivity index (χ1v) is 10.3. The van der Waals surface area contributed by atoms with E-state index in [1.54, 1.807) is 4.57 Å². The summed E-state index contributed by atoms with van der Waals surface area (Å²) in [5, 5.41) is 1.43. The van der Waals surface area contributed by atoms with Gasteiger partial charge in [-0.05, 0) is 36.0 Å². The molecular formula is C23H36N2O3. The Labute approximate surface area is 168 Å². The first-order chi connectivity index (χ1) is 13.2. The maximum absolute atomic E-state index is 13.3. The molecule has 0 atom stereocenters. The second-order valence-electron chi connectivity index (χ2n) is 9.05. The molecule has 0 aliphatic carbocycles. The van der Waals surface area contributed by atoms with Gasteiger partial charge >= 0.3 is 0 Å². The van der Waals surface area contributed by atoms with Crippen LogP contribution in [0.2, 0.25) is 0 Å². The highest BCUT2D eigenvalue weighted by atomic mass is 16.5. The molecule has 28 heavy (non-hydrogen) atoms. The second-order valence-corrected chi connectivity index (χ2v) is 9.05. The van der Waals surface area contributed by atoms with E-state index in [1.165, 1.54) is 0 Å². The lowest BCUT2D eigenvalue weighted by Gasteiger charge is -2.25. The van der Waals surface area contributed by atoms with Crippen molar-refractivity contribution in [2.75, 3.05) is 13.2 Å². The molecule has 0 fully saturated rings. The van der Waals surface area contributed by atoms with Gasteiger partial charge in [0.1, 0.15) is 11.5 Å². The fourth-order valence-corrected chi connectivity index (χ4v) is 3.12. The van der Waals surface area contributed by atoms with Crippen molar-refractivity contribution in [1.29, 1.82) is 0 Å². The lowest BCUT2D eigenvalue weighted by molar-refractivity contribution is 0.271. The van der Waals surface area contributed by atoms with E-state index in [-0.39, 0.29) is 17.5 Å². The molecule has 0 amide bonds. The van der Waals surface area contributed by atoms with Gasteiger partial charge in [-0.25, -0.2) is 0 Å². The van der Waals surface area contributed by atoms with Crippen LogP contribution in [-0.2, 0) is 13.1 Å². The molecule has 0 spiro atoms. The summed E-state index contributed by atoms with van der Waals surface area (Å²) in [6, 6.07) is 5.63. The molecule has 2 N–H and O–H groups in total. The third-order valence-electron chi connectivity index (χ3n) is 4.45. The zero-order valence-electron chi connectivity index (χ0n) is 18.3. The van der Waals surface area contributed by atoms with Crippen LogP contribution < -0.4 is 20.8 Å². The predicted octanol–water partition coefficient (Wildman–Crippen LogP) is 4.72. The number of rotatable bonds is 9. The summed E-state index contributed by atoms with van der Waals surface area (Å²) in [5.74, 6) is 1.89. The Bertz CT molecular complexity index is 848. The van der Waals surface area contributed by atoms with Crippen LogP contribution >= 0.6 is 0 Å². The summed E-state index contributed by atoms with van der Waals surface area (Å²) >= 11 is 0. The number of ether oxygens (including phenoxy) is 2. The summed E-state index contributed by atoms with van der Waals surface area (Å²) < 4.78 is 13.9. The van der Waals surface area contributed by atoms with Crippen LogP contribution in [0.3, 0.4) is 0 Å². The van der Waals surface area contributed by atoms with Gasteiger partial charge in [-0.2, -0.15) is 0 Å². The van der Waals surface area contributed by atoms with Crippen molar-refractivity contribution in [3.8, 4) is 11.5 Å². The molecule has 0 aliphatic heterocycles. The minimum absolute atomic E-state index is 0.0244. The van der Waals surface area contributed by atoms with Gasteiger partial charge in [0.15, 0.2) is 0 Å². The van der Waals surface area contributed by atoms with Gasteiger partial charge in [0.2, 0.25) is 0 Å². The van der Waals surface area contributed by atoms with Gasteiger partial charge in [0.05, 0.1) is 24.3 Å². The number of pyridine rings is 1. The van der Waals surface area contributed by atoms with Crippen LogP contribution in [0.25, 0.3) is 10.8 Å². The van der Waals surface area contributed by atoms with Crippen molar-refractivity contribution in [2.24, 2.45) is 17.1 Å². The highest BCUT2D eigenvalue weighted by Crippen LogP contribution is 2.32. The smallest absolute Gasteiger partial charge is 0.258 e. The number of hydrogen-bond donors (Lipinski definition) is 1. The number of aromatic nitrogens is 1. The molecule has 2 rings (SSSR count). The Balaban J connectivity index is 2.67. The van der Waals surface area contributed by atoms with Crippen LogP contribution in [0.4, 0.5) is 0 Å². The van der Waals surface area contributed by atoms with E-state index < -0.39 is 0 Å². The normalized spacial score (nSPS) is 12.0. The largest absolute Gasteiger partial charge is 0.493 e. The Hall–Kier alpha value is -2.01. The van der Waals surface area contributed by atoms with E-state index in [0.717, 1.165) is 29.7 Å². The molecule has 2 aromatic rings. The van der Waals surface area contributed by atoms with Crippen molar-refractivity contribution < 1.29 is 9.47 Å². The van der Waals surface area contributed by atoms with Crippen molar-refractivity contribution >= 4 is 10.8 Å². The molecule has 5 heteroatoms. The van der Waals surface area contributed by atoms with Crippen LogP contribution in [-0.4, -0.2) is 17.8 Å². The first kappa shape index (κ1) is 22.3. The van der Waals surface area contributed by atoms with Crippen molar-refractivity contribution in [3.05, 3.63) is 34.2 Å². The number of nitrogens with zero attached hydrogens (tertiary/aromatic N) is 1. The number of benzene rings is 1. The molecule has 0 saturated heterocycles. The van der Waals surface area contributed by atoms with Crippen LogP contribution in [0.15, 0.2) is 23.0 Å². The minimum Gasteiger partial charge on any atom is -0.493 e. The van der Waals surface area contributed by atoms with Gasteiger partial charge in [-0.15, -0.1) is 0 Å². The molecule has 0 aliphatic rings. The molecule has 5 nitrogen and oxygen atoms in total. The lowest BCUT2D eigenvalue weighted by Crippen LogP contribution is -2.31. The monoisotopic (exact) mass is 388 g/mol. The SMILES string of the molecule is CCCCOc1c(CN)n(CC(C)(C)C)c(=O)c2ccc(OCC(C)C)cc12. The standard InChI is InChI=1S/C23H36N2O3/c1-7-8-11-27-21-19-12-17(28-14-16(2)3)9-10-18(19)22(26)25(20(21)13-24)15-23(4,5)6/h9-10,12,16H,7-8,11,13-15,24H2,1-6H3. The van der Waals surface area contributed by atoms with Crippen LogP contribution in [0.5, 0.6) is 11.5 Å². The summed E-state index contributed by atoms with van der Waals surface area (Å²) in [6.07, 6.45) is 1.99. The van der Waals surface area contributed by atoms with Crippen molar-refractivity contribution in [1.82, 2.24) is 4.57 Å². The fraction of sp³-hybridized carbons (Fsp3) is 0.609. The van der Waals surface area contributed by atoms with Crippen molar-refractivity contribution in [2.45, 2.75) is 67.5 Å². The topological polar surface area (TPSA) is 66.5 Å². The average molecular weight is 389 g/mol. The number of fused-ring (bicyclic) bond motifs is 1. The lowest BCUT2D eigenvalue weighted by atomic mass is 9.96. The van der Waals surface area contributed by atoms with E-state index in [4.69, 9.17) is 15.2 Å². The Morgan fingerprint density at radius 2 is 1.86 bits per heavy atom. The van der Waals surface area contributed by atoms with Crippen molar-refractivity contribution in [3.63, 3.8) is 0 Å². The maximum atomic E-state index is 13.3. The molecule has 1 aromatic heterocycles. The van der Waals surface area contributed by atoms with Crippen LogP contribution in [0.1, 0.15) is 60.1 Å². The molecule has 0 radical (unpaired) electrons. The number of unbranched alkanes of at least 4 members (excludes halogenated alkanes) is 1. The third-order valence-corrected chi connectivity index (χ3v) is 4.45. The average Bonchev–Trinajstić information content (AvgIpc) is 2.62. The fourth-order valence-electron chi connectivity index (χ4n) is 3.12. The van der Waals surface area contributed by atoms with E-state index >= 15 is 0 Å². The first-order valence-electron chi connectivity index (χ1n) is 10.3. The summed E-state index contributed by atoms with van der Waals surface area (Å²) in [7, 11) is 0. The van der Waals surface area contributed by atoms with Crippen LogP contribution in [0, 0.1) is 11.3 Å². The molecule has 0 unspecified atom stereocenters. The Morgan fingerprint density at radius 1 is 1.14 bits per heavy atom. The molecule has 1 aromatic carbocycles. The van der Waals surface area contributed by atoms with Gasteiger partial charge in [0, 0.05) is 18.5 Å². The summed E-state index contributed by atoms with van der Waals surface area (Å²) in [5.41, 5.74) is 6.78. The highest BCUT2D eigenvalue weighted by Gasteiger charge is 2.21. The molecule has 0 bridgehead atoms. The predicted molar refractivity (Wildman–Crippen MR) is 116 cm³/mol. The minimum atomic E-state index is -0.0531. The van der Waals surface area contributed by atoms with Gasteiger partial charge < -0.3 is 19.8 Å². The molecule has 156 valence electrons. The van der Waals surface area contributed by atoms with E-state index in [2.05, 4.69) is 41.5 Å². The Morgan fingerprint density at radius 3 is 2.43 bits per heavy atom. The van der Waals surface area contributed by atoms with E-state index in [0.29, 0.717) is 36.8 Å². The van der Waals surface area contributed by atoms with Gasteiger partial charge in [-0.1, -0.05) is 48.0 Å². The zero-order valence-corrected chi connectivity index (χ0v) is 18.3. The number of nitrogens with two attached hydrogens (primary N) is 1. The summed E-state index contributed by atoms with van der Waals surface area (Å²) in [4.78, 5) is 13.3. The van der Waals surface area contributed by atoms with E-state index in [1.807, 2.05) is 18.2 Å². The van der Waals surface area contributed by atoms with E-state index in [9.17, 15) is 4.79 Å². The molecular weight excluding hydrogens is 352 g/mol. The van der Waals surface area contributed by atoms with Gasteiger partial charge in [-0.3, -0.25) is 4.79 Å². The maximum Gasteiger partial charge on any atom is 0.258 e. The third kappa shape index (κ3) is 5.51. The zero-order chi connectivity index (χ0) is 20.9. The molecule has 1 heterocycles. The quantitative estimate of drug-likeness (QED) is 0.631. The molecule has 0 saturated carbocycles.